The summed E-state index contributed by atoms with van der Waals surface area (Å²) < 4.78 is 0. The summed E-state index contributed by atoms with van der Waals surface area (Å²) in [7, 11) is 2.00. The highest BCUT2D eigenvalue weighted by molar-refractivity contribution is 5.73. The molecule has 0 aliphatic carbocycles. The van der Waals surface area contributed by atoms with Crippen LogP contribution in [-0.4, -0.2) is 55.2 Å². The number of hydrogen-bond acceptors (Lipinski definition) is 3. The number of likely N-dealkylation sites (N-methyl/N-ethyl adjacent to an activating group) is 1. The zero-order valence-corrected chi connectivity index (χ0v) is 11.4. The Bertz CT molecular complexity index is 247. The Hall–Kier alpha value is -1.30. The summed E-state index contributed by atoms with van der Waals surface area (Å²) in [5.74, 6) is -0.763. The highest BCUT2D eigenvalue weighted by atomic mass is 16.4. The van der Waals surface area contributed by atoms with Crippen molar-refractivity contribution in [3.63, 3.8) is 0 Å². The third-order valence-electron chi connectivity index (χ3n) is 2.67. The molecule has 0 radical (unpaired) electrons. The molecule has 2 amide bonds. The number of carboxylic acid groups (broad SMARTS) is 1. The lowest BCUT2D eigenvalue weighted by molar-refractivity contribution is -0.137. The summed E-state index contributed by atoms with van der Waals surface area (Å²) in [4.78, 5) is 23.7. The monoisotopic (exact) mass is 259 g/mol. The van der Waals surface area contributed by atoms with E-state index in [-0.39, 0.29) is 12.5 Å². The number of urea groups is 1. The summed E-state index contributed by atoms with van der Waals surface area (Å²) in [6.45, 7) is 5.09. The minimum absolute atomic E-state index is 0.155. The van der Waals surface area contributed by atoms with Gasteiger partial charge in [0.05, 0.1) is 0 Å². The fourth-order valence-corrected chi connectivity index (χ4v) is 1.36. The molecule has 0 aromatic carbocycles. The van der Waals surface area contributed by atoms with Crippen LogP contribution in [0.5, 0.6) is 0 Å². The minimum atomic E-state index is -0.763. The van der Waals surface area contributed by atoms with Crippen LogP contribution in [-0.2, 0) is 4.79 Å². The van der Waals surface area contributed by atoms with Crippen molar-refractivity contribution >= 4 is 12.0 Å². The lowest BCUT2D eigenvalue weighted by Gasteiger charge is -2.14. The molecule has 0 aliphatic heterocycles. The summed E-state index contributed by atoms with van der Waals surface area (Å²) in [5, 5.41) is 14.0. The van der Waals surface area contributed by atoms with Crippen molar-refractivity contribution in [2.75, 3.05) is 33.2 Å². The van der Waals surface area contributed by atoms with E-state index >= 15 is 0 Å². The molecule has 18 heavy (non-hydrogen) atoms. The van der Waals surface area contributed by atoms with Crippen molar-refractivity contribution in [1.82, 2.24) is 15.5 Å². The SMILES string of the molecule is CCN(C)CCNC(=O)NCCCCCC(=O)O. The molecule has 0 aromatic rings. The van der Waals surface area contributed by atoms with Crippen molar-refractivity contribution in [2.24, 2.45) is 0 Å². The first-order chi connectivity index (χ1) is 8.56. The highest BCUT2D eigenvalue weighted by Crippen LogP contribution is 1.98. The van der Waals surface area contributed by atoms with Crippen molar-refractivity contribution in [3.8, 4) is 0 Å². The van der Waals surface area contributed by atoms with Gasteiger partial charge in [0.1, 0.15) is 0 Å². The molecule has 0 rings (SSSR count). The molecule has 0 bridgehead atoms. The molecule has 0 saturated heterocycles. The molecular weight excluding hydrogens is 234 g/mol. The molecule has 6 nitrogen and oxygen atoms in total. The average molecular weight is 259 g/mol. The quantitative estimate of drug-likeness (QED) is 0.509. The molecule has 6 heteroatoms. The van der Waals surface area contributed by atoms with Crippen molar-refractivity contribution in [3.05, 3.63) is 0 Å². The van der Waals surface area contributed by atoms with E-state index in [9.17, 15) is 9.59 Å². The number of rotatable bonds is 10. The fraction of sp³-hybridized carbons (Fsp3) is 0.833. The number of unbranched alkanes of at least 4 members (excludes halogenated alkanes) is 2. The molecule has 0 atom stereocenters. The highest BCUT2D eigenvalue weighted by Gasteiger charge is 2.00. The van der Waals surface area contributed by atoms with Crippen LogP contribution in [0.3, 0.4) is 0 Å². The van der Waals surface area contributed by atoms with Gasteiger partial charge < -0.3 is 20.6 Å². The second-order valence-corrected chi connectivity index (χ2v) is 4.28. The third kappa shape index (κ3) is 11.2. The van der Waals surface area contributed by atoms with E-state index in [1.54, 1.807) is 0 Å². The van der Waals surface area contributed by atoms with E-state index in [0.717, 1.165) is 25.9 Å². The normalized spacial score (nSPS) is 10.4. The van der Waals surface area contributed by atoms with E-state index in [0.29, 0.717) is 19.5 Å². The molecule has 0 aliphatic rings. The Morgan fingerprint density at radius 1 is 1.11 bits per heavy atom. The zero-order valence-electron chi connectivity index (χ0n) is 11.4. The number of carbonyl (C=O) groups is 2. The lowest BCUT2D eigenvalue weighted by Crippen LogP contribution is -2.39. The van der Waals surface area contributed by atoms with Gasteiger partial charge in [-0.05, 0) is 26.4 Å². The second-order valence-electron chi connectivity index (χ2n) is 4.28. The van der Waals surface area contributed by atoms with Crippen LogP contribution >= 0.6 is 0 Å². The maximum absolute atomic E-state index is 11.3. The van der Waals surface area contributed by atoms with Gasteiger partial charge in [0.2, 0.25) is 0 Å². The first kappa shape index (κ1) is 16.7. The van der Waals surface area contributed by atoms with E-state index < -0.39 is 5.97 Å². The Morgan fingerprint density at radius 3 is 2.39 bits per heavy atom. The summed E-state index contributed by atoms with van der Waals surface area (Å²) >= 11 is 0. The molecule has 0 aromatic heterocycles. The molecule has 0 unspecified atom stereocenters. The largest absolute Gasteiger partial charge is 0.481 e. The number of hydrogen-bond donors (Lipinski definition) is 3. The molecular formula is C12H25N3O3. The number of carbonyl (C=O) groups excluding carboxylic acids is 1. The van der Waals surface area contributed by atoms with E-state index in [1.165, 1.54) is 0 Å². The first-order valence-corrected chi connectivity index (χ1v) is 6.48. The Kier molecular flexibility index (Phi) is 10.0. The second kappa shape index (κ2) is 10.8. The number of aliphatic carboxylic acids is 1. The molecule has 0 heterocycles. The molecule has 0 fully saturated rings. The third-order valence-corrected chi connectivity index (χ3v) is 2.67. The van der Waals surface area contributed by atoms with Gasteiger partial charge in [0, 0.05) is 26.1 Å². The zero-order chi connectivity index (χ0) is 13.8. The van der Waals surface area contributed by atoms with Crippen molar-refractivity contribution in [2.45, 2.75) is 32.6 Å². The van der Waals surface area contributed by atoms with E-state index in [1.807, 2.05) is 7.05 Å². The first-order valence-electron chi connectivity index (χ1n) is 6.48. The molecule has 0 spiro atoms. The Balaban J connectivity index is 3.29. The van der Waals surface area contributed by atoms with E-state index in [4.69, 9.17) is 5.11 Å². The topological polar surface area (TPSA) is 81.7 Å². The van der Waals surface area contributed by atoms with Gasteiger partial charge >= 0.3 is 12.0 Å². The van der Waals surface area contributed by atoms with Gasteiger partial charge in [0.15, 0.2) is 0 Å². The van der Waals surface area contributed by atoms with Crippen LogP contribution in [0.2, 0.25) is 0 Å². The van der Waals surface area contributed by atoms with Crippen molar-refractivity contribution < 1.29 is 14.7 Å². The maximum atomic E-state index is 11.3. The van der Waals surface area contributed by atoms with Gasteiger partial charge in [-0.1, -0.05) is 13.3 Å². The van der Waals surface area contributed by atoms with Gasteiger partial charge in [-0.2, -0.15) is 0 Å². The van der Waals surface area contributed by atoms with Crippen LogP contribution in [0.15, 0.2) is 0 Å². The molecule has 3 N–H and O–H groups in total. The molecule has 106 valence electrons. The summed E-state index contributed by atoms with van der Waals surface area (Å²) in [5.41, 5.74) is 0. The maximum Gasteiger partial charge on any atom is 0.314 e. The number of nitrogens with one attached hydrogen (secondary N) is 2. The Morgan fingerprint density at radius 2 is 1.78 bits per heavy atom. The van der Waals surface area contributed by atoms with E-state index in [2.05, 4.69) is 22.5 Å². The van der Waals surface area contributed by atoms with Crippen LogP contribution in [0, 0.1) is 0 Å². The Labute approximate surface area is 109 Å². The van der Waals surface area contributed by atoms with Crippen LogP contribution in [0.1, 0.15) is 32.6 Å². The van der Waals surface area contributed by atoms with Crippen LogP contribution in [0.4, 0.5) is 4.79 Å². The summed E-state index contributed by atoms with van der Waals surface area (Å²) in [6, 6.07) is -0.155. The van der Waals surface area contributed by atoms with Gasteiger partial charge in [-0.15, -0.1) is 0 Å². The predicted octanol–water partition coefficient (Wildman–Crippen LogP) is 0.882. The molecule has 0 saturated carbocycles. The number of nitrogens with zero attached hydrogens (tertiary/aromatic N) is 1. The summed E-state index contributed by atoms with van der Waals surface area (Å²) in [6.07, 6.45) is 2.51. The predicted molar refractivity (Wildman–Crippen MR) is 70.7 cm³/mol. The van der Waals surface area contributed by atoms with Crippen LogP contribution in [0.25, 0.3) is 0 Å². The van der Waals surface area contributed by atoms with Crippen molar-refractivity contribution in [1.29, 1.82) is 0 Å². The fourth-order valence-electron chi connectivity index (χ4n) is 1.36. The standard InChI is InChI=1S/C12H25N3O3/c1-3-15(2)10-9-14-12(18)13-8-6-4-5-7-11(16)17/h3-10H2,1-2H3,(H,16,17)(H2,13,14,18). The lowest BCUT2D eigenvalue weighted by atomic mass is 10.2. The van der Waals surface area contributed by atoms with Gasteiger partial charge in [-0.25, -0.2) is 4.79 Å². The van der Waals surface area contributed by atoms with Gasteiger partial charge in [0.25, 0.3) is 0 Å². The van der Waals surface area contributed by atoms with Gasteiger partial charge in [-0.3, -0.25) is 4.79 Å². The number of amides is 2. The average Bonchev–Trinajstić information content (AvgIpc) is 2.33. The minimum Gasteiger partial charge on any atom is -0.481 e. The number of carboxylic acids is 1. The smallest absolute Gasteiger partial charge is 0.314 e. The van der Waals surface area contributed by atoms with Crippen LogP contribution < -0.4 is 10.6 Å².